The van der Waals surface area contributed by atoms with Crippen LogP contribution >= 0.6 is 11.3 Å². The molecule has 216 valence electrons. The van der Waals surface area contributed by atoms with Crippen LogP contribution in [0.4, 0.5) is 5.13 Å². The lowest BCUT2D eigenvalue weighted by Crippen LogP contribution is -2.29. The van der Waals surface area contributed by atoms with Crippen LogP contribution in [0.2, 0.25) is 0 Å². The van der Waals surface area contributed by atoms with Crippen molar-refractivity contribution in [1.82, 2.24) is 4.98 Å². The topological polar surface area (TPSA) is 98.2 Å². The fourth-order valence-electron chi connectivity index (χ4n) is 5.38. The first-order chi connectivity index (χ1) is 20.2. The molecule has 1 saturated heterocycles. The molecule has 0 aliphatic carbocycles. The summed E-state index contributed by atoms with van der Waals surface area (Å²) in [5.74, 6) is 0.763. The molecular formula is C33H32N2O6S. The first-order valence-corrected chi connectivity index (χ1v) is 14.8. The van der Waals surface area contributed by atoms with Gasteiger partial charge in [-0.05, 0) is 78.9 Å². The highest BCUT2D eigenvalue weighted by Gasteiger charge is 2.48. The number of anilines is 1. The quantitative estimate of drug-likeness (QED) is 0.140. The number of rotatable bonds is 8. The highest BCUT2D eigenvalue weighted by Crippen LogP contribution is 2.45. The number of amides is 1. The molecule has 3 aromatic carbocycles. The minimum Gasteiger partial charge on any atom is -0.507 e. The number of hydrogen-bond acceptors (Lipinski definition) is 8. The van der Waals surface area contributed by atoms with Crippen LogP contribution in [0, 0.1) is 5.92 Å². The maximum Gasteiger partial charge on any atom is 0.301 e. The Labute approximate surface area is 248 Å². The van der Waals surface area contributed by atoms with Gasteiger partial charge in [-0.1, -0.05) is 37.3 Å². The lowest BCUT2D eigenvalue weighted by atomic mass is 9.94. The Morgan fingerprint density at radius 1 is 1.12 bits per heavy atom. The van der Waals surface area contributed by atoms with Crippen molar-refractivity contribution < 1.29 is 28.9 Å². The normalized spacial score (nSPS) is 19.4. The van der Waals surface area contributed by atoms with Gasteiger partial charge in [0.1, 0.15) is 29.1 Å². The number of aliphatic hydroxyl groups excluding tert-OH is 1. The first kappa shape index (κ1) is 27.8. The van der Waals surface area contributed by atoms with Crippen molar-refractivity contribution in [3.05, 3.63) is 82.9 Å². The van der Waals surface area contributed by atoms with Crippen molar-refractivity contribution >= 4 is 44.1 Å². The second-order valence-electron chi connectivity index (χ2n) is 11.1. The van der Waals surface area contributed by atoms with Crippen LogP contribution in [-0.4, -0.2) is 41.6 Å². The zero-order valence-corrected chi connectivity index (χ0v) is 24.7. The van der Waals surface area contributed by atoms with Crippen molar-refractivity contribution in [3.8, 4) is 17.2 Å². The molecule has 2 aliphatic rings. The molecular weight excluding hydrogens is 552 g/mol. The Morgan fingerprint density at radius 2 is 1.95 bits per heavy atom. The molecule has 1 fully saturated rings. The number of thiazole rings is 1. The third-order valence-corrected chi connectivity index (χ3v) is 8.56. The maximum atomic E-state index is 13.7. The van der Waals surface area contributed by atoms with E-state index in [9.17, 15) is 14.7 Å². The second kappa shape index (κ2) is 11.1. The van der Waals surface area contributed by atoms with E-state index in [0.29, 0.717) is 52.2 Å². The molecule has 2 aliphatic heterocycles. The van der Waals surface area contributed by atoms with E-state index in [1.165, 1.54) is 16.2 Å². The molecule has 3 heterocycles. The maximum absolute atomic E-state index is 13.7. The molecule has 0 bridgehead atoms. The van der Waals surface area contributed by atoms with Crippen molar-refractivity contribution in [2.75, 3.05) is 18.6 Å². The Kier molecular flexibility index (Phi) is 7.36. The average molecular weight is 585 g/mol. The van der Waals surface area contributed by atoms with Gasteiger partial charge < -0.3 is 19.3 Å². The molecule has 0 saturated carbocycles. The zero-order chi connectivity index (χ0) is 29.5. The molecule has 1 aromatic heterocycles. The number of fused-ring (bicyclic) bond motifs is 2. The minimum atomic E-state index is -0.912. The number of Topliss-reactive ketones (excluding diaryl/α,β-unsaturated/α-hetero) is 1. The van der Waals surface area contributed by atoms with E-state index in [1.54, 1.807) is 25.3 Å². The van der Waals surface area contributed by atoms with E-state index in [2.05, 4.69) is 13.8 Å². The largest absolute Gasteiger partial charge is 0.507 e. The number of aromatic nitrogens is 1. The zero-order valence-electron chi connectivity index (χ0n) is 23.9. The summed E-state index contributed by atoms with van der Waals surface area (Å²) < 4.78 is 18.0. The van der Waals surface area contributed by atoms with Gasteiger partial charge in [-0.15, -0.1) is 0 Å². The molecule has 1 amide bonds. The molecule has 0 unspecified atom stereocenters. The van der Waals surface area contributed by atoms with Gasteiger partial charge in [-0.3, -0.25) is 14.5 Å². The average Bonchev–Trinajstić information content (AvgIpc) is 3.64. The van der Waals surface area contributed by atoms with Gasteiger partial charge in [-0.25, -0.2) is 4.98 Å². The van der Waals surface area contributed by atoms with Gasteiger partial charge in [0.15, 0.2) is 5.13 Å². The van der Waals surface area contributed by atoms with Crippen LogP contribution in [0.15, 0.2) is 66.2 Å². The number of methoxy groups -OCH3 is 1. The third-order valence-electron chi connectivity index (χ3n) is 7.54. The summed E-state index contributed by atoms with van der Waals surface area (Å²) in [5, 5.41) is 12.0. The van der Waals surface area contributed by atoms with E-state index < -0.39 is 17.7 Å². The molecule has 1 N–H and O–H groups in total. The van der Waals surface area contributed by atoms with E-state index in [-0.39, 0.29) is 17.4 Å². The lowest BCUT2D eigenvalue weighted by Gasteiger charge is -2.23. The fraction of sp³-hybridized carbons (Fsp3) is 0.303. The van der Waals surface area contributed by atoms with Crippen molar-refractivity contribution in [3.63, 3.8) is 0 Å². The summed E-state index contributed by atoms with van der Waals surface area (Å²) in [7, 11) is 1.59. The molecule has 2 atom stereocenters. The number of ketones is 1. The van der Waals surface area contributed by atoms with Crippen molar-refractivity contribution in [1.29, 1.82) is 0 Å². The number of carbonyl (C=O) groups is 2. The van der Waals surface area contributed by atoms with Gasteiger partial charge in [0.05, 0.1) is 35.5 Å². The van der Waals surface area contributed by atoms with E-state index in [1.807, 2.05) is 49.4 Å². The van der Waals surface area contributed by atoms with Crippen LogP contribution in [-0.2, 0) is 16.0 Å². The molecule has 42 heavy (non-hydrogen) atoms. The van der Waals surface area contributed by atoms with E-state index in [4.69, 9.17) is 19.2 Å². The van der Waals surface area contributed by atoms with Gasteiger partial charge >= 0.3 is 5.91 Å². The molecule has 6 rings (SSSR count). The summed E-state index contributed by atoms with van der Waals surface area (Å²) in [6.07, 6.45) is 1.61. The number of aliphatic hydroxyl groups is 1. The first-order valence-electron chi connectivity index (χ1n) is 14.0. The second-order valence-corrected chi connectivity index (χ2v) is 12.1. The molecule has 0 spiro atoms. The van der Waals surface area contributed by atoms with Gasteiger partial charge in [0, 0.05) is 12.0 Å². The standard InChI is InChI=1S/C33H32N2O6S/c1-18(2)12-13-40-24-7-5-6-20(16-24)29-28(30(36)21-8-11-26-22(15-21)14-19(3)41-26)31(37)32(38)35(29)33-34-25-10-9-23(39-4)17-27(25)42-33/h5-11,15-19,29,36H,12-14H2,1-4H3/t19-,29-/m1/s1. The number of benzene rings is 3. The van der Waals surface area contributed by atoms with Gasteiger partial charge in [-0.2, -0.15) is 0 Å². The highest BCUT2D eigenvalue weighted by molar-refractivity contribution is 7.22. The monoisotopic (exact) mass is 584 g/mol. The molecule has 8 nitrogen and oxygen atoms in total. The molecule has 9 heteroatoms. The Hall–Kier alpha value is -4.37. The summed E-state index contributed by atoms with van der Waals surface area (Å²) in [6, 6.07) is 17.2. The molecule has 4 aromatic rings. The predicted molar refractivity (Wildman–Crippen MR) is 163 cm³/mol. The number of carbonyl (C=O) groups excluding carboxylic acids is 2. The van der Waals surface area contributed by atoms with Crippen LogP contribution in [0.25, 0.3) is 16.0 Å². The summed E-state index contributed by atoms with van der Waals surface area (Å²) >= 11 is 1.29. The summed E-state index contributed by atoms with van der Waals surface area (Å²) in [4.78, 5) is 33.5. The van der Waals surface area contributed by atoms with Crippen LogP contribution < -0.4 is 19.1 Å². The fourth-order valence-corrected chi connectivity index (χ4v) is 6.40. The smallest absolute Gasteiger partial charge is 0.301 e. The van der Waals surface area contributed by atoms with Crippen LogP contribution in [0.1, 0.15) is 49.9 Å². The Morgan fingerprint density at radius 3 is 2.74 bits per heavy atom. The minimum absolute atomic E-state index is 0.00285. The van der Waals surface area contributed by atoms with Gasteiger partial charge in [0.2, 0.25) is 0 Å². The van der Waals surface area contributed by atoms with Gasteiger partial charge in [0.25, 0.3) is 5.78 Å². The number of hydrogen-bond donors (Lipinski definition) is 1. The van der Waals surface area contributed by atoms with Crippen LogP contribution in [0.3, 0.4) is 0 Å². The predicted octanol–water partition coefficient (Wildman–Crippen LogP) is 6.68. The SMILES string of the molecule is COc1ccc2nc(N3C(=O)C(=O)C(=C(O)c4ccc5c(c4)C[C@@H](C)O5)[C@H]3c3cccc(OCCC(C)C)c3)sc2c1. The van der Waals surface area contributed by atoms with Crippen LogP contribution in [0.5, 0.6) is 17.2 Å². The lowest BCUT2D eigenvalue weighted by molar-refractivity contribution is -0.132. The number of nitrogens with zero attached hydrogens (tertiary/aromatic N) is 2. The summed E-state index contributed by atoms with van der Waals surface area (Å²) in [6.45, 7) is 6.78. The van der Waals surface area contributed by atoms with E-state index >= 15 is 0 Å². The highest BCUT2D eigenvalue weighted by atomic mass is 32.1. The van der Waals surface area contributed by atoms with Crippen molar-refractivity contribution in [2.45, 2.75) is 45.8 Å². The van der Waals surface area contributed by atoms with Crippen molar-refractivity contribution in [2.24, 2.45) is 5.92 Å². The third kappa shape index (κ3) is 5.09. The Bertz CT molecular complexity index is 1720. The summed E-state index contributed by atoms with van der Waals surface area (Å²) in [5.41, 5.74) is 2.71. The van der Waals surface area contributed by atoms with E-state index in [0.717, 1.165) is 22.4 Å². The Balaban J connectivity index is 1.48. The molecule has 0 radical (unpaired) electrons. The number of ether oxygens (including phenoxy) is 3.